The van der Waals surface area contributed by atoms with Gasteiger partial charge in [-0.2, -0.15) is 0 Å². The Morgan fingerprint density at radius 1 is 1.12 bits per heavy atom. The van der Waals surface area contributed by atoms with Crippen LogP contribution >= 0.6 is 27.5 Å². The molecule has 1 heterocycles. The van der Waals surface area contributed by atoms with Gasteiger partial charge in [0.1, 0.15) is 0 Å². The van der Waals surface area contributed by atoms with Crippen LogP contribution in [0.2, 0.25) is 5.02 Å². The predicted molar refractivity (Wildman–Crippen MR) is 102 cm³/mol. The van der Waals surface area contributed by atoms with Crippen molar-refractivity contribution in [2.24, 2.45) is 5.92 Å². The van der Waals surface area contributed by atoms with Gasteiger partial charge in [0, 0.05) is 33.7 Å². The van der Waals surface area contributed by atoms with E-state index in [4.69, 9.17) is 11.6 Å². The maximum Gasteiger partial charge on any atom is 0.269 e. The molecule has 0 bridgehead atoms. The largest absolute Gasteiger partial charge is 0.312 e. The van der Waals surface area contributed by atoms with Gasteiger partial charge < -0.3 is 4.90 Å². The van der Waals surface area contributed by atoms with E-state index < -0.39 is 17.7 Å². The molecule has 1 aliphatic heterocycles. The van der Waals surface area contributed by atoms with Crippen molar-refractivity contribution in [3.8, 4) is 0 Å². The van der Waals surface area contributed by atoms with Crippen molar-refractivity contribution < 1.29 is 14.4 Å². The Kier molecular flexibility index (Phi) is 5.58. The molecule has 0 unspecified atom stereocenters. The topological polar surface area (TPSA) is 78.5 Å². The van der Waals surface area contributed by atoms with Crippen LogP contribution in [-0.2, 0) is 9.59 Å². The molecule has 0 spiro atoms. The molecule has 1 atom stereocenters. The average Bonchev–Trinajstić information content (AvgIpc) is 3.02. The molecule has 26 heavy (non-hydrogen) atoms. The van der Waals surface area contributed by atoms with Gasteiger partial charge in [-0.1, -0.05) is 33.6 Å². The quantitative estimate of drug-likeness (QED) is 0.726. The summed E-state index contributed by atoms with van der Waals surface area (Å²) >= 11 is 9.24. The fraction of sp³-hybridized carbons (Fsp3) is 0.167. The normalized spacial score (nSPS) is 16.5. The van der Waals surface area contributed by atoms with E-state index in [0.29, 0.717) is 16.3 Å². The molecular weight excluding hydrogens is 422 g/mol. The third-order valence-electron chi connectivity index (χ3n) is 4.02. The summed E-state index contributed by atoms with van der Waals surface area (Å²) in [6.45, 7) is 0.235. The number of hydrogen-bond acceptors (Lipinski definition) is 3. The highest BCUT2D eigenvalue weighted by molar-refractivity contribution is 9.10. The molecule has 0 saturated carbocycles. The van der Waals surface area contributed by atoms with Gasteiger partial charge in [0.15, 0.2) is 0 Å². The first-order valence-corrected chi connectivity index (χ1v) is 9.03. The van der Waals surface area contributed by atoms with Gasteiger partial charge in [0.2, 0.25) is 11.8 Å². The summed E-state index contributed by atoms with van der Waals surface area (Å²) in [6.07, 6.45) is 0.0759. The summed E-state index contributed by atoms with van der Waals surface area (Å²) in [5.74, 6) is -1.55. The van der Waals surface area contributed by atoms with E-state index in [-0.39, 0.29) is 18.9 Å². The molecule has 3 rings (SSSR count). The SMILES string of the molecule is O=C(NNC(=O)[C@@H]1CC(=O)N(c2cccc(Cl)c2)C1)c1ccc(Br)cc1. The van der Waals surface area contributed by atoms with Crippen LogP contribution in [-0.4, -0.2) is 24.3 Å². The Morgan fingerprint density at radius 3 is 2.54 bits per heavy atom. The number of hydrazine groups is 1. The molecule has 0 aliphatic carbocycles. The molecule has 3 amide bonds. The highest BCUT2D eigenvalue weighted by Crippen LogP contribution is 2.27. The molecule has 2 aromatic carbocycles. The van der Waals surface area contributed by atoms with Crippen LogP contribution in [0.1, 0.15) is 16.8 Å². The monoisotopic (exact) mass is 435 g/mol. The van der Waals surface area contributed by atoms with E-state index in [1.54, 1.807) is 48.5 Å². The number of carbonyl (C=O) groups is 3. The third-order valence-corrected chi connectivity index (χ3v) is 4.79. The van der Waals surface area contributed by atoms with Crippen LogP contribution < -0.4 is 15.8 Å². The van der Waals surface area contributed by atoms with Gasteiger partial charge in [0.25, 0.3) is 5.91 Å². The number of benzene rings is 2. The van der Waals surface area contributed by atoms with Gasteiger partial charge in [-0.3, -0.25) is 25.2 Å². The Labute approximate surface area is 163 Å². The van der Waals surface area contributed by atoms with Gasteiger partial charge in [0.05, 0.1) is 5.92 Å². The van der Waals surface area contributed by atoms with Crippen molar-refractivity contribution in [1.29, 1.82) is 0 Å². The maximum absolute atomic E-state index is 12.3. The van der Waals surface area contributed by atoms with Gasteiger partial charge in [-0.05, 0) is 42.5 Å². The Balaban J connectivity index is 1.58. The standard InChI is InChI=1S/C18H15BrClN3O3/c19-13-6-4-11(5-7-13)17(25)21-22-18(26)12-8-16(24)23(10-12)15-3-1-2-14(20)9-15/h1-7,9,12H,8,10H2,(H,21,25)(H,22,26)/t12-/m1/s1. The molecule has 134 valence electrons. The highest BCUT2D eigenvalue weighted by Gasteiger charge is 2.35. The van der Waals surface area contributed by atoms with Crippen LogP contribution in [0.25, 0.3) is 0 Å². The zero-order valence-corrected chi connectivity index (χ0v) is 15.9. The number of carbonyl (C=O) groups excluding carboxylic acids is 3. The number of amides is 3. The van der Waals surface area contributed by atoms with Gasteiger partial charge in [-0.25, -0.2) is 0 Å². The fourth-order valence-electron chi connectivity index (χ4n) is 2.67. The van der Waals surface area contributed by atoms with E-state index in [1.165, 1.54) is 4.90 Å². The fourth-order valence-corrected chi connectivity index (χ4v) is 3.12. The Morgan fingerprint density at radius 2 is 1.85 bits per heavy atom. The summed E-state index contributed by atoms with van der Waals surface area (Å²) < 4.78 is 0.851. The highest BCUT2D eigenvalue weighted by atomic mass is 79.9. The van der Waals surface area contributed by atoms with Crippen molar-refractivity contribution >= 4 is 50.9 Å². The molecule has 8 heteroatoms. The molecule has 1 aliphatic rings. The van der Waals surface area contributed by atoms with Crippen LogP contribution in [0.3, 0.4) is 0 Å². The smallest absolute Gasteiger partial charge is 0.269 e. The van der Waals surface area contributed by atoms with E-state index in [0.717, 1.165) is 4.47 Å². The van der Waals surface area contributed by atoms with Crippen molar-refractivity contribution in [2.75, 3.05) is 11.4 Å². The minimum Gasteiger partial charge on any atom is -0.312 e. The minimum absolute atomic E-state index is 0.0759. The summed E-state index contributed by atoms with van der Waals surface area (Å²) in [5.41, 5.74) is 5.82. The average molecular weight is 437 g/mol. The zero-order chi connectivity index (χ0) is 18.7. The van der Waals surface area contributed by atoms with Crippen LogP contribution in [0.15, 0.2) is 53.0 Å². The summed E-state index contributed by atoms with van der Waals surface area (Å²) in [6, 6.07) is 13.6. The van der Waals surface area contributed by atoms with Crippen molar-refractivity contribution in [3.05, 3.63) is 63.6 Å². The second-order valence-electron chi connectivity index (χ2n) is 5.84. The molecule has 1 fully saturated rings. The first-order valence-electron chi connectivity index (χ1n) is 7.86. The van der Waals surface area contributed by atoms with Gasteiger partial charge >= 0.3 is 0 Å². The lowest BCUT2D eigenvalue weighted by Gasteiger charge is -2.17. The summed E-state index contributed by atoms with van der Waals surface area (Å²) in [7, 11) is 0. The number of nitrogens with zero attached hydrogens (tertiary/aromatic N) is 1. The number of rotatable bonds is 3. The molecular formula is C18H15BrClN3O3. The van der Waals surface area contributed by atoms with E-state index in [9.17, 15) is 14.4 Å². The number of hydrogen-bond donors (Lipinski definition) is 2. The Hall–Kier alpha value is -2.38. The number of halogens is 2. The minimum atomic E-state index is -0.549. The molecule has 2 N–H and O–H groups in total. The maximum atomic E-state index is 12.3. The predicted octanol–water partition coefficient (Wildman–Crippen LogP) is 2.92. The molecule has 6 nitrogen and oxygen atoms in total. The van der Waals surface area contributed by atoms with Crippen molar-refractivity contribution in [1.82, 2.24) is 10.9 Å². The number of nitrogens with one attached hydrogen (secondary N) is 2. The van der Waals surface area contributed by atoms with Crippen LogP contribution in [0, 0.1) is 5.92 Å². The summed E-state index contributed by atoms with van der Waals surface area (Å²) in [5, 5.41) is 0.518. The zero-order valence-electron chi connectivity index (χ0n) is 13.5. The first kappa shape index (κ1) is 18.4. The van der Waals surface area contributed by atoms with Crippen LogP contribution in [0.4, 0.5) is 5.69 Å². The molecule has 2 aromatic rings. The second-order valence-corrected chi connectivity index (χ2v) is 7.19. The summed E-state index contributed by atoms with van der Waals surface area (Å²) in [4.78, 5) is 38.0. The van der Waals surface area contributed by atoms with Crippen LogP contribution in [0.5, 0.6) is 0 Å². The number of anilines is 1. The van der Waals surface area contributed by atoms with E-state index >= 15 is 0 Å². The second kappa shape index (κ2) is 7.88. The first-order chi connectivity index (χ1) is 12.4. The molecule has 0 radical (unpaired) electrons. The Bertz CT molecular complexity index is 857. The van der Waals surface area contributed by atoms with E-state index in [2.05, 4.69) is 26.8 Å². The van der Waals surface area contributed by atoms with Gasteiger partial charge in [-0.15, -0.1) is 0 Å². The lowest BCUT2D eigenvalue weighted by Crippen LogP contribution is -2.45. The lowest BCUT2D eigenvalue weighted by molar-refractivity contribution is -0.126. The van der Waals surface area contributed by atoms with Crippen molar-refractivity contribution in [3.63, 3.8) is 0 Å². The van der Waals surface area contributed by atoms with E-state index in [1.807, 2.05) is 0 Å². The third kappa shape index (κ3) is 4.23. The molecule has 1 saturated heterocycles. The lowest BCUT2D eigenvalue weighted by atomic mass is 10.1. The van der Waals surface area contributed by atoms with Crippen molar-refractivity contribution in [2.45, 2.75) is 6.42 Å². The molecule has 0 aromatic heterocycles.